The highest BCUT2D eigenvalue weighted by Crippen LogP contribution is 2.38. The monoisotopic (exact) mass is 522 g/mol. The second kappa shape index (κ2) is 12.4. The van der Waals surface area contributed by atoms with Crippen molar-refractivity contribution in [1.82, 2.24) is 0 Å². The standard InChI is InChI=1S/C26H30F6O2.H2S/c1-4-33-14-19(18-7-5-15(2)6-8-18)9-17-10-23(29)25(24(30)11-17)26(31,32)34-20-12-21(27)16(3)22(28)13-20;/h10-13,15,18-19H,4-9,14H2,1-3H3;1H2. The highest BCUT2D eigenvalue weighted by molar-refractivity contribution is 7.59. The molecule has 0 heterocycles. The number of alkyl halides is 2. The van der Waals surface area contributed by atoms with Crippen molar-refractivity contribution in [3.05, 3.63) is 64.2 Å². The number of rotatable bonds is 9. The minimum absolute atomic E-state index is 0. The van der Waals surface area contributed by atoms with Crippen molar-refractivity contribution < 1.29 is 35.8 Å². The smallest absolute Gasteiger partial charge is 0.429 e. The minimum Gasteiger partial charge on any atom is -0.429 e. The molecule has 0 aliphatic heterocycles. The lowest BCUT2D eigenvalue weighted by Gasteiger charge is -2.33. The molecule has 35 heavy (non-hydrogen) atoms. The molecule has 1 fully saturated rings. The van der Waals surface area contributed by atoms with E-state index in [0.717, 1.165) is 44.7 Å². The maximum atomic E-state index is 14.7. The highest BCUT2D eigenvalue weighted by atomic mass is 32.1. The van der Waals surface area contributed by atoms with E-state index in [2.05, 4.69) is 11.7 Å². The van der Waals surface area contributed by atoms with Crippen LogP contribution in [-0.2, 0) is 17.3 Å². The zero-order chi connectivity index (χ0) is 25.0. The molecule has 0 aromatic heterocycles. The molecule has 0 radical (unpaired) electrons. The van der Waals surface area contributed by atoms with Crippen LogP contribution in [-0.4, -0.2) is 13.2 Å². The lowest BCUT2D eigenvalue weighted by atomic mass is 9.74. The van der Waals surface area contributed by atoms with Gasteiger partial charge in [-0.15, -0.1) is 0 Å². The van der Waals surface area contributed by atoms with E-state index in [1.807, 2.05) is 6.92 Å². The Bertz CT molecular complexity index is 946. The number of hydrogen-bond donors (Lipinski definition) is 0. The molecule has 0 bridgehead atoms. The van der Waals surface area contributed by atoms with Crippen LogP contribution in [0.5, 0.6) is 5.75 Å². The Morgan fingerprint density at radius 1 is 0.914 bits per heavy atom. The molecular weight excluding hydrogens is 490 g/mol. The van der Waals surface area contributed by atoms with Crippen LogP contribution in [0.1, 0.15) is 56.2 Å². The van der Waals surface area contributed by atoms with Gasteiger partial charge in [0, 0.05) is 30.9 Å². The summed E-state index contributed by atoms with van der Waals surface area (Å²) in [4.78, 5) is 0. The summed E-state index contributed by atoms with van der Waals surface area (Å²) < 4.78 is 96.1. The van der Waals surface area contributed by atoms with Crippen LogP contribution in [0.25, 0.3) is 0 Å². The van der Waals surface area contributed by atoms with Crippen molar-refractivity contribution in [2.75, 3.05) is 13.2 Å². The van der Waals surface area contributed by atoms with Gasteiger partial charge >= 0.3 is 6.11 Å². The molecule has 1 aliphatic rings. The van der Waals surface area contributed by atoms with Crippen LogP contribution in [0.4, 0.5) is 26.3 Å². The molecule has 2 aromatic carbocycles. The summed E-state index contributed by atoms with van der Waals surface area (Å²) in [6, 6.07) is 2.83. The summed E-state index contributed by atoms with van der Waals surface area (Å²) in [5.41, 5.74) is -1.75. The molecule has 1 aliphatic carbocycles. The number of benzene rings is 2. The normalized spacial score (nSPS) is 19.2. The largest absolute Gasteiger partial charge is 0.432 e. The first-order chi connectivity index (χ1) is 16.0. The van der Waals surface area contributed by atoms with Crippen LogP contribution < -0.4 is 4.74 Å². The van der Waals surface area contributed by atoms with E-state index < -0.39 is 40.7 Å². The molecule has 0 spiro atoms. The first-order valence-corrected chi connectivity index (χ1v) is 11.6. The Kier molecular flexibility index (Phi) is 10.4. The Labute approximate surface area is 209 Å². The van der Waals surface area contributed by atoms with Crippen LogP contribution >= 0.6 is 13.5 Å². The van der Waals surface area contributed by atoms with E-state index in [9.17, 15) is 26.3 Å². The second-order valence-corrected chi connectivity index (χ2v) is 9.21. The molecule has 0 N–H and O–H groups in total. The van der Waals surface area contributed by atoms with E-state index in [1.54, 1.807) is 0 Å². The van der Waals surface area contributed by atoms with Crippen molar-refractivity contribution in [3.63, 3.8) is 0 Å². The third kappa shape index (κ3) is 7.32. The Hall–Kier alpha value is -1.87. The first-order valence-electron chi connectivity index (χ1n) is 11.6. The predicted octanol–water partition coefficient (Wildman–Crippen LogP) is 7.81. The lowest BCUT2D eigenvalue weighted by Crippen LogP contribution is -2.27. The van der Waals surface area contributed by atoms with Gasteiger partial charge in [0.15, 0.2) is 0 Å². The topological polar surface area (TPSA) is 18.5 Å². The van der Waals surface area contributed by atoms with Crippen molar-refractivity contribution in [2.24, 2.45) is 17.8 Å². The third-order valence-corrected chi connectivity index (χ3v) is 6.65. The van der Waals surface area contributed by atoms with Gasteiger partial charge in [-0.3, -0.25) is 0 Å². The fourth-order valence-electron chi connectivity index (χ4n) is 4.59. The summed E-state index contributed by atoms with van der Waals surface area (Å²) in [6.07, 6.45) is -0.0917. The van der Waals surface area contributed by atoms with Gasteiger partial charge in [-0.25, -0.2) is 17.6 Å². The van der Waals surface area contributed by atoms with Crippen LogP contribution in [0.3, 0.4) is 0 Å². The van der Waals surface area contributed by atoms with Gasteiger partial charge in [-0.05, 0) is 68.6 Å². The molecule has 2 aromatic rings. The summed E-state index contributed by atoms with van der Waals surface area (Å²) in [7, 11) is 0. The molecule has 3 rings (SSSR count). The zero-order valence-corrected chi connectivity index (χ0v) is 21.1. The fourth-order valence-corrected chi connectivity index (χ4v) is 4.59. The van der Waals surface area contributed by atoms with Gasteiger partial charge < -0.3 is 9.47 Å². The zero-order valence-electron chi connectivity index (χ0n) is 20.1. The van der Waals surface area contributed by atoms with Crippen molar-refractivity contribution in [3.8, 4) is 5.75 Å². The average molecular weight is 523 g/mol. The van der Waals surface area contributed by atoms with Gasteiger partial charge in [0.25, 0.3) is 0 Å². The number of hydrogen-bond acceptors (Lipinski definition) is 2. The van der Waals surface area contributed by atoms with E-state index in [0.29, 0.717) is 37.2 Å². The average Bonchev–Trinajstić information content (AvgIpc) is 2.74. The maximum Gasteiger partial charge on any atom is 0.432 e. The van der Waals surface area contributed by atoms with Gasteiger partial charge in [-0.2, -0.15) is 22.3 Å². The summed E-state index contributed by atoms with van der Waals surface area (Å²) >= 11 is 0. The molecule has 0 amide bonds. The lowest BCUT2D eigenvalue weighted by molar-refractivity contribution is -0.189. The predicted molar refractivity (Wildman–Crippen MR) is 127 cm³/mol. The number of halogens is 6. The quantitative estimate of drug-likeness (QED) is 0.313. The molecule has 9 heteroatoms. The molecule has 0 saturated heterocycles. The highest BCUT2D eigenvalue weighted by Gasteiger charge is 2.41. The van der Waals surface area contributed by atoms with Crippen LogP contribution in [0.2, 0.25) is 0 Å². The summed E-state index contributed by atoms with van der Waals surface area (Å²) in [5, 5.41) is 0. The third-order valence-electron chi connectivity index (χ3n) is 6.65. The molecule has 2 nitrogen and oxygen atoms in total. The van der Waals surface area contributed by atoms with Gasteiger partial charge in [0.05, 0.1) is 0 Å². The van der Waals surface area contributed by atoms with E-state index >= 15 is 0 Å². The fraction of sp³-hybridized carbons (Fsp3) is 0.538. The Morgan fingerprint density at radius 2 is 1.46 bits per heavy atom. The van der Waals surface area contributed by atoms with Crippen LogP contribution in [0.15, 0.2) is 24.3 Å². The molecular formula is C26H32F6O2S. The number of ether oxygens (including phenoxy) is 2. The maximum absolute atomic E-state index is 14.7. The van der Waals surface area contributed by atoms with E-state index in [-0.39, 0.29) is 37.0 Å². The Balaban J connectivity index is 0.00000432. The Morgan fingerprint density at radius 3 is 1.97 bits per heavy atom. The molecule has 1 saturated carbocycles. The van der Waals surface area contributed by atoms with Crippen molar-refractivity contribution >= 4 is 13.5 Å². The van der Waals surface area contributed by atoms with Gasteiger partial charge in [0.1, 0.15) is 34.6 Å². The van der Waals surface area contributed by atoms with Gasteiger partial charge in [-0.1, -0.05) is 19.8 Å². The second-order valence-electron chi connectivity index (χ2n) is 9.21. The first kappa shape index (κ1) is 29.4. The van der Waals surface area contributed by atoms with E-state index in [1.165, 1.54) is 0 Å². The summed E-state index contributed by atoms with van der Waals surface area (Å²) in [5.74, 6) is -5.11. The molecule has 196 valence electrons. The van der Waals surface area contributed by atoms with E-state index in [4.69, 9.17) is 4.74 Å². The SMILES string of the molecule is CCOCC(Cc1cc(F)c(C(F)(F)Oc2cc(F)c(C)c(F)c2)c(F)c1)C1CCC(C)CC1.S. The van der Waals surface area contributed by atoms with Crippen molar-refractivity contribution in [1.29, 1.82) is 0 Å². The minimum atomic E-state index is -4.48. The summed E-state index contributed by atoms with van der Waals surface area (Å²) in [6.45, 7) is 6.10. The van der Waals surface area contributed by atoms with Crippen molar-refractivity contribution in [2.45, 2.75) is 59.0 Å². The van der Waals surface area contributed by atoms with Gasteiger partial charge in [0.2, 0.25) is 0 Å². The molecule has 1 atom stereocenters. The van der Waals surface area contributed by atoms with Crippen LogP contribution in [0, 0.1) is 47.9 Å². The molecule has 1 unspecified atom stereocenters.